The van der Waals surface area contributed by atoms with E-state index in [2.05, 4.69) is 32.9 Å². The fourth-order valence-corrected chi connectivity index (χ4v) is 4.02. The molecule has 1 saturated carbocycles. The highest BCUT2D eigenvalue weighted by Crippen LogP contribution is 2.44. The third-order valence-corrected chi connectivity index (χ3v) is 5.21. The van der Waals surface area contributed by atoms with Crippen molar-refractivity contribution in [3.05, 3.63) is 18.1 Å². The van der Waals surface area contributed by atoms with E-state index in [0.717, 1.165) is 36.9 Å². The lowest BCUT2D eigenvalue weighted by Crippen LogP contribution is -2.22. The van der Waals surface area contributed by atoms with Crippen LogP contribution >= 0.6 is 0 Å². The summed E-state index contributed by atoms with van der Waals surface area (Å²) in [5.74, 6) is 2.12. The molecule has 1 aliphatic carbocycles. The first-order valence-electron chi connectivity index (χ1n) is 8.26. The molecule has 2 aromatic rings. The average Bonchev–Trinajstić information content (AvgIpc) is 3.11. The minimum atomic E-state index is 0.448. The molecule has 112 valence electrons. The lowest BCUT2D eigenvalue weighted by molar-refractivity contribution is 0.238. The van der Waals surface area contributed by atoms with Gasteiger partial charge in [0.15, 0.2) is 5.82 Å². The lowest BCUT2D eigenvalue weighted by Gasteiger charge is -2.26. The first-order valence-corrected chi connectivity index (χ1v) is 8.26. The summed E-state index contributed by atoms with van der Waals surface area (Å²) in [6.07, 6.45) is 11.4. The van der Waals surface area contributed by atoms with E-state index in [4.69, 9.17) is 0 Å². The smallest absolute Gasteiger partial charge is 0.184 e. The van der Waals surface area contributed by atoms with Crippen LogP contribution < -0.4 is 0 Å². The van der Waals surface area contributed by atoms with Gasteiger partial charge in [-0.3, -0.25) is 4.68 Å². The first kappa shape index (κ1) is 13.0. The molecule has 2 aromatic heterocycles. The van der Waals surface area contributed by atoms with Crippen LogP contribution in [0.3, 0.4) is 0 Å². The topological polar surface area (TPSA) is 48.5 Å². The number of rotatable bonds is 2. The van der Waals surface area contributed by atoms with Gasteiger partial charge < -0.3 is 4.57 Å². The van der Waals surface area contributed by atoms with E-state index in [0.29, 0.717) is 5.41 Å². The van der Waals surface area contributed by atoms with Gasteiger partial charge >= 0.3 is 0 Å². The second-order valence-electron chi connectivity index (χ2n) is 6.67. The van der Waals surface area contributed by atoms with Gasteiger partial charge in [0.05, 0.1) is 0 Å². The summed E-state index contributed by atoms with van der Waals surface area (Å²) in [4.78, 5) is 0. The van der Waals surface area contributed by atoms with Crippen LogP contribution in [0.5, 0.6) is 0 Å². The monoisotopic (exact) mass is 285 g/mol. The van der Waals surface area contributed by atoms with Crippen molar-refractivity contribution in [3.63, 3.8) is 0 Å². The molecule has 0 radical (unpaired) electrons. The molecular weight excluding hydrogens is 262 g/mol. The minimum Gasteiger partial charge on any atom is -0.309 e. The SMILES string of the molecule is CCn1ccc(-c2nnc3n2CC2(CCCCCC2)C3)n1. The highest BCUT2D eigenvalue weighted by Gasteiger charge is 2.40. The molecule has 0 amide bonds. The third-order valence-electron chi connectivity index (χ3n) is 5.21. The number of aryl methyl sites for hydroxylation is 1. The van der Waals surface area contributed by atoms with E-state index in [1.807, 2.05) is 10.9 Å². The molecule has 21 heavy (non-hydrogen) atoms. The van der Waals surface area contributed by atoms with Crippen molar-refractivity contribution in [1.29, 1.82) is 0 Å². The van der Waals surface area contributed by atoms with E-state index in [-0.39, 0.29) is 0 Å². The number of aromatic nitrogens is 5. The fourth-order valence-electron chi connectivity index (χ4n) is 4.02. The Kier molecular flexibility index (Phi) is 3.08. The molecule has 2 aliphatic rings. The largest absolute Gasteiger partial charge is 0.309 e. The molecule has 0 N–H and O–H groups in total. The molecule has 0 aromatic carbocycles. The van der Waals surface area contributed by atoms with E-state index >= 15 is 0 Å². The molecule has 3 heterocycles. The normalized spacial score (nSPS) is 20.6. The number of hydrogen-bond acceptors (Lipinski definition) is 3. The standard InChI is InChI=1S/C16H23N5/c1-2-20-10-7-13(19-20)15-18-17-14-11-16(12-21(14)15)8-5-3-4-6-9-16/h7,10H,2-6,8-9,11-12H2,1H3. The van der Waals surface area contributed by atoms with Gasteiger partial charge in [-0.05, 0) is 31.2 Å². The predicted molar refractivity (Wildman–Crippen MR) is 80.8 cm³/mol. The van der Waals surface area contributed by atoms with Crippen LogP contribution in [0.25, 0.3) is 11.5 Å². The molecule has 5 nitrogen and oxygen atoms in total. The van der Waals surface area contributed by atoms with Gasteiger partial charge in [0, 0.05) is 25.7 Å². The van der Waals surface area contributed by atoms with Gasteiger partial charge in [-0.1, -0.05) is 25.7 Å². The highest BCUT2D eigenvalue weighted by atomic mass is 15.3. The fraction of sp³-hybridized carbons (Fsp3) is 0.688. The number of fused-ring (bicyclic) bond motifs is 1. The summed E-state index contributed by atoms with van der Waals surface area (Å²) in [6, 6.07) is 2.05. The van der Waals surface area contributed by atoms with Gasteiger partial charge in [-0.2, -0.15) is 5.10 Å². The molecule has 1 fully saturated rings. The third kappa shape index (κ3) is 2.19. The average molecular weight is 285 g/mol. The molecule has 1 aliphatic heterocycles. The van der Waals surface area contributed by atoms with E-state index < -0.39 is 0 Å². The second kappa shape index (κ2) is 4.97. The maximum atomic E-state index is 4.59. The molecule has 5 heteroatoms. The van der Waals surface area contributed by atoms with Crippen molar-refractivity contribution < 1.29 is 0 Å². The summed E-state index contributed by atoms with van der Waals surface area (Å²) >= 11 is 0. The molecule has 0 atom stereocenters. The summed E-state index contributed by atoms with van der Waals surface area (Å²) in [5.41, 5.74) is 1.41. The van der Waals surface area contributed by atoms with Crippen LogP contribution in [0, 0.1) is 5.41 Å². The second-order valence-corrected chi connectivity index (χ2v) is 6.67. The maximum Gasteiger partial charge on any atom is 0.184 e. The summed E-state index contributed by atoms with van der Waals surface area (Å²) in [6.45, 7) is 4.08. The molecule has 0 unspecified atom stereocenters. The first-order chi connectivity index (χ1) is 10.3. The van der Waals surface area contributed by atoms with Crippen LogP contribution in [0.15, 0.2) is 12.3 Å². The van der Waals surface area contributed by atoms with Crippen LogP contribution in [-0.2, 0) is 19.5 Å². The maximum absolute atomic E-state index is 4.59. The van der Waals surface area contributed by atoms with Gasteiger partial charge in [0.25, 0.3) is 0 Å². The van der Waals surface area contributed by atoms with Gasteiger partial charge in [-0.25, -0.2) is 0 Å². The van der Waals surface area contributed by atoms with Crippen molar-refractivity contribution in [2.24, 2.45) is 5.41 Å². The van der Waals surface area contributed by atoms with Crippen molar-refractivity contribution >= 4 is 0 Å². The molecule has 1 spiro atoms. The number of nitrogens with zero attached hydrogens (tertiary/aromatic N) is 5. The predicted octanol–water partition coefficient (Wildman–Crippen LogP) is 3.06. The molecular formula is C16H23N5. The van der Waals surface area contributed by atoms with E-state index in [9.17, 15) is 0 Å². The highest BCUT2D eigenvalue weighted by molar-refractivity contribution is 5.49. The zero-order valence-corrected chi connectivity index (χ0v) is 12.8. The van der Waals surface area contributed by atoms with Crippen LogP contribution in [0.2, 0.25) is 0 Å². The van der Waals surface area contributed by atoms with Crippen molar-refractivity contribution in [2.45, 2.75) is 65.0 Å². The lowest BCUT2D eigenvalue weighted by atomic mass is 9.79. The van der Waals surface area contributed by atoms with Gasteiger partial charge in [-0.15, -0.1) is 10.2 Å². The minimum absolute atomic E-state index is 0.448. The van der Waals surface area contributed by atoms with Gasteiger partial charge in [0.1, 0.15) is 11.5 Å². The summed E-state index contributed by atoms with van der Waals surface area (Å²) < 4.78 is 4.28. The Bertz CT molecular complexity index is 631. The number of hydrogen-bond donors (Lipinski definition) is 0. The Hall–Kier alpha value is -1.65. The Labute approximate surface area is 125 Å². The molecule has 4 rings (SSSR count). The summed E-state index contributed by atoms with van der Waals surface area (Å²) in [5, 5.41) is 13.4. The Morgan fingerprint density at radius 3 is 2.67 bits per heavy atom. The van der Waals surface area contributed by atoms with Crippen LogP contribution in [0.1, 0.15) is 51.3 Å². The van der Waals surface area contributed by atoms with Gasteiger partial charge in [0.2, 0.25) is 0 Å². The zero-order chi connectivity index (χ0) is 14.3. The Balaban J connectivity index is 1.64. The van der Waals surface area contributed by atoms with E-state index in [1.54, 1.807) is 0 Å². The Morgan fingerprint density at radius 1 is 1.14 bits per heavy atom. The van der Waals surface area contributed by atoms with Crippen LogP contribution in [0.4, 0.5) is 0 Å². The van der Waals surface area contributed by atoms with Crippen molar-refractivity contribution in [2.75, 3.05) is 0 Å². The molecule has 0 saturated heterocycles. The zero-order valence-electron chi connectivity index (χ0n) is 12.8. The van der Waals surface area contributed by atoms with Crippen LogP contribution in [-0.4, -0.2) is 24.5 Å². The molecule has 0 bridgehead atoms. The van der Waals surface area contributed by atoms with E-state index in [1.165, 1.54) is 38.5 Å². The quantitative estimate of drug-likeness (QED) is 0.852. The van der Waals surface area contributed by atoms with Crippen molar-refractivity contribution in [3.8, 4) is 11.5 Å². The summed E-state index contributed by atoms with van der Waals surface area (Å²) in [7, 11) is 0. The Morgan fingerprint density at radius 2 is 1.95 bits per heavy atom. The van der Waals surface area contributed by atoms with Crippen molar-refractivity contribution in [1.82, 2.24) is 24.5 Å².